The summed E-state index contributed by atoms with van der Waals surface area (Å²) < 4.78 is 5.52. The molecule has 100 valence electrons. The van der Waals surface area contributed by atoms with Gasteiger partial charge in [0.1, 0.15) is 12.0 Å². The number of hydrogen-bond donors (Lipinski definition) is 1. The quantitative estimate of drug-likeness (QED) is 0.836. The van der Waals surface area contributed by atoms with Crippen molar-refractivity contribution in [2.45, 2.75) is 26.7 Å². The van der Waals surface area contributed by atoms with Crippen molar-refractivity contribution >= 4 is 11.5 Å². The van der Waals surface area contributed by atoms with E-state index in [1.165, 1.54) is 12.7 Å². The Morgan fingerprint density at radius 3 is 2.83 bits per heavy atom. The molecule has 1 aliphatic rings. The van der Waals surface area contributed by atoms with E-state index in [1.54, 1.807) is 0 Å². The minimum absolute atomic E-state index is 0.498. The molecule has 5 heteroatoms. The van der Waals surface area contributed by atoms with E-state index < -0.39 is 0 Å². The van der Waals surface area contributed by atoms with E-state index in [-0.39, 0.29) is 0 Å². The SMILES string of the molecule is CCCOc1ncnc(N(C)CC2CC2C)c1N. The maximum Gasteiger partial charge on any atom is 0.242 e. The third-order valence-electron chi connectivity index (χ3n) is 3.42. The summed E-state index contributed by atoms with van der Waals surface area (Å²) in [6.07, 6.45) is 3.76. The van der Waals surface area contributed by atoms with Crippen molar-refractivity contribution in [3.63, 3.8) is 0 Å². The third-order valence-corrected chi connectivity index (χ3v) is 3.42. The molecular weight excluding hydrogens is 228 g/mol. The van der Waals surface area contributed by atoms with Gasteiger partial charge in [0.2, 0.25) is 5.88 Å². The van der Waals surface area contributed by atoms with E-state index in [0.717, 1.165) is 30.6 Å². The first-order chi connectivity index (χ1) is 8.63. The highest BCUT2D eigenvalue weighted by molar-refractivity contribution is 5.67. The minimum atomic E-state index is 0.498. The average molecular weight is 250 g/mol. The maximum atomic E-state index is 6.06. The summed E-state index contributed by atoms with van der Waals surface area (Å²) in [5, 5.41) is 0. The number of hydrogen-bond acceptors (Lipinski definition) is 5. The largest absolute Gasteiger partial charge is 0.476 e. The van der Waals surface area contributed by atoms with Gasteiger partial charge in [-0.3, -0.25) is 0 Å². The molecule has 1 saturated carbocycles. The molecule has 1 aliphatic carbocycles. The van der Waals surface area contributed by atoms with E-state index >= 15 is 0 Å². The number of nitrogens with zero attached hydrogens (tertiary/aromatic N) is 3. The smallest absolute Gasteiger partial charge is 0.242 e. The fourth-order valence-corrected chi connectivity index (χ4v) is 2.08. The second kappa shape index (κ2) is 5.42. The van der Waals surface area contributed by atoms with Gasteiger partial charge < -0.3 is 15.4 Å². The minimum Gasteiger partial charge on any atom is -0.476 e. The van der Waals surface area contributed by atoms with Gasteiger partial charge in [0.15, 0.2) is 5.82 Å². The predicted molar refractivity (Wildman–Crippen MR) is 72.8 cm³/mol. The topological polar surface area (TPSA) is 64.3 Å². The lowest BCUT2D eigenvalue weighted by Crippen LogP contribution is -2.23. The van der Waals surface area contributed by atoms with Crippen LogP contribution in [0.15, 0.2) is 6.33 Å². The lowest BCUT2D eigenvalue weighted by atomic mass is 10.3. The van der Waals surface area contributed by atoms with Crippen molar-refractivity contribution < 1.29 is 4.74 Å². The van der Waals surface area contributed by atoms with Gasteiger partial charge >= 0.3 is 0 Å². The molecule has 2 N–H and O–H groups in total. The molecule has 0 radical (unpaired) electrons. The maximum absolute atomic E-state index is 6.06. The van der Waals surface area contributed by atoms with Crippen LogP contribution in [-0.4, -0.2) is 30.2 Å². The van der Waals surface area contributed by atoms with Crippen LogP contribution in [0.4, 0.5) is 11.5 Å². The zero-order valence-corrected chi connectivity index (χ0v) is 11.4. The Bertz CT molecular complexity index is 410. The highest BCUT2D eigenvalue weighted by Crippen LogP contribution is 2.39. The normalized spacial score (nSPS) is 21.7. The molecule has 1 heterocycles. The summed E-state index contributed by atoms with van der Waals surface area (Å²) in [6.45, 7) is 5.95. The molecule has 0 aliphatic heterocycles. The van der Waals surface area contributed by atoms with Crippen molar-refractivity contribution in [2.24, 2.45) is 11.8 Å². The monoisotopic (exact) mass is 250 g/mol. The van der Waals surface area contributed by atoms with Crippen molar-refractivity contribution in [1.29, 1.82) is 0 Å². The number of nitrogen functional groups attached to an aromatic ring is 1. The summed E-state index contributed by atoms with van der Waals surface area (Å²) in [5.74, 6) is 2.86. The molecule has 1 aromatic heterocycles. The molecule has 0 aromatic carbocycles. The Morgan fingerprint density at radius 2 is 2.22 bits per heavy atom. The molecule has 2 rings (SSSR count). The van der Waals surface area contributed by atoms with Gasteiger partial charge in [-0.2, -0.15) is 4.98 Å². The zero-order chi connectivity index (χ0) is 13.1. The van der Waals surface area contributed by atoms with Gasteiger partial charge in [0, 0.05) is 13.6 Å². The Morgan fingerprint density at radius 1 is 1.50 bits per heavy atom. The van der Waals surface area contributed by atoms with Crippen LogP contribution in [0.5, 0.6) is 5.88 Å². The molecule has 2 atom stereocenters. The van der Waals surface area contributed by atoms with E-state index in [4.69, 9.17) is 10.5 Å². The van der Waals surface area contributed by atoms with Crippen molar-refractivity contribution in [3.05, 3.63) is 6.33 Å². The predicted octanol–water partition coefficient (Wildman–Crippen LogP) is 1.94. The molecular formula is C13H22N4O. The van der Waals surface area contributed by atoms with Gasteiger partial charge in [-0.25, -0.2) is 4.98 Å². The fourth-order valence-electron chi connectivity index (χ4n) is 2.08. The first-order valence-corrected chi connectivity index (χ1v) is 6.57. The van der Waals surface area contributed by atoms with Crippen LogP contribution in [0.25, 0.3) is 0 Å². The van der Waals surface area contributed by atoms with Gasteiger partial charge in [0.25, 0.3) is 0 Å². The van der Waals surface area contributed by atoms with Crippen molar-refractivity contribution in [1.82, 2.24) is 9.97 Å². The van der Waals surface area contributed by atoms with Crippen LogP contribution in [0, 0.1) is 11.8 Å². The number of rotatable bonds is 6. The molecule has 2 unspecified atom stereocenters. The van der Waals surface area contributed by atoms with Crippen molar-refractivity contribution in [3.8, 4) is 5.88 Å². The standard InChI is InChI=1S/C13H22N4O/c1-4-5-18-13-11(14)12(15-8-16-13)17(3)7-10-6-9(10)2/h8-10H,4-7,14H2,1-3H3. The summed E-state index contributed by atoms with van der Waals surface area (Å²) in [5.41, 5.74) is 6.61. The Labute approximate surface area is 108 Å². The van der Waals surface area contributed by atoms with Crippen LogP contribution in [0.2, 0.25) is 0 Å². The lowest BCUT2D eigenvalue weighted by molar-refractivity contribution is 0.306. The molecule has 18 heavy (non-hydrogen) atoms. The first kappa shape index (κ1) is 12.9. The Hall–Kier alpha value is -1.52. The summed E-state index contributed by atoms with van der Waals surface area (Å²) in [6, 6.07) is 0. The summed E-state index contributed by atoms with van der Waals surface area (Å²) in [4.78, 5) is 10.4. The lowest BCUT2D eigenvalue weighted by Gasteiger charge is -2.20. The number of aromatic nitrogens is 2. The van der Waals surface area contributed by atoms with Gasteiger partial charge in [-0.15, -0.1) is 0 Å². The second-order valence-electron chi connectivity index (χ2n) is 5.12. The van der Waals surface area contributed by atoms with Crippen LogP contribution >= 0.6 is 0 Å². The van der Waals surface area contributed by atoms with E-state index in [2.05, 4.69) is 28.7 Å². The molecule has 1 fully saturated rings. The van der Waals surface area contributed by atoms with E-state index in [0.29, 0.717) is 18.2 Å². The van der Waals surface area contributed by atoms with E-state index in [9.17, 15) is 0 Å². The Kier molecular flexibility index (Phi) is 3.89. The number of anilines is 2. The highest BCUT2D eigenvalue weighted by atomic mass is 16.5. The van der Waals surface area contributed by atoms with Crippen LogP contribution in [-0.2, 0) is 0 Å². The summed E-state index contributed by atoms with van der Waals surface area (Å²) in [7, 11) is 2.02. The zero-order valence-electron chi connectivity index (χ0n) is 11.4. The third kappa shape index (κ3) is 2.83. The highest BCUT2D eigenvalue weighted by Gasteiger charge is 2.33. The number of nitrogens with two attached hydrogens (primary N) is 1. The van der Waals surface area contributed by atoms with Crippen LogP contribution in [0.1, 0.15) is 26.7 Å². The van der Waals surface area contributed by atoms with Crippen LogP contribution in [0.3, 0.4) is 0 Å². The Balaban J connectivity index is 2.06. The summed E-state index contributed by atoms with van der Waals surface area (Å²) >= 11 is 0. The molecule has 1 aromatic rings. The van der Waals surface area contributed by atoms with Gasteiger partial charge in [-0.1, -0.05) is 13.8 Å². The first-order valence-electron chi connectivity index (χ1n) is 6.57. The molecule has 0 saturated heterocycles. The molecule has 0 bridgehead atoms. The second-order valence-corrected chi connectivity index (χ2v) is 5.12. The van der Waals surface area contributed by atoms with E-state index in [1.807, 2.05) is 7.05 Å². The average Bonchev–Trinajstić information content (AvgIpc) is 3.03. The van der Waals surface area contributed by atoms with Gasteiger partial charge in [0.05, 0.1) is 6.61 Å². The molecule has 0 amide bonds. The fraction of sp³-hybridized carbons (Fsp3) is 0.692. The number of ether oxygens (including phenoxy) is 1. The molecule has 5 nitrogen and oxygen atoms in total. The van der Waals surface area contributed by atoms with Crippen molar-refractivity contribution in [2.75, 3.05) is 30.8 Å². The molecule has 0 spiro atoms. The van der Waals surface area contributed by atoms with Crippen LogP contribution < -0.4 is 15.4 Å². The van der Waals surface area contributed by atoms with Gasteiger partial charge in [-0.05, 0) is 24.7 Å².